The van der Waals surface area contributed by atoms with E-state index < -0.39 is 24.1 Å². The van der Waals surface area contributed by atoms with Crippen molar-refractivity contribution in [1.82, 2.24) is 0 Å². The molecule has 0 aromatic carbocycles. The number of hydrogen-bond acceptors (Lipinski definition) is 6. The monoisotopic (exact) mass is 272 g/mol. The SMILES string of the molecule is CC(=O)CCC(=O)OC1C[C@H](C)O[C@@H]1COC(C)=O. The van der Waals surface area contributed by atoms with Gasteiger partial charge in [0.05, 0.1) is 12.5 Å². The fraction of sp³-hybridized carbons (Fsp3) is 0.769. The molecule has 0 aromatic rings. The first-order valence-electron chi connectivity index (χ1n) is 6.36. The molecule has 0 bridgehead atoms. The van der Waals surface area contributed by atoms with E-state index in [1.54, 1.807) is 0 Å². The third-order valence-electron chi connectivity index (χ3n) is 2.80. The largest absolute Gasteiger partial charge is 0.463 e. The Kier molecular flexibility index (Phi) is 5.95. The second kappa shape index (κ2) is 7.23. The lowest BCUT2D eigenvalue weighted by atomic mass is 10.1. The number of carbonyl (C=O) groups excluding carboxylic acids is 3. The zero-order valence-electron chi connectivity index (χ0n) is 11.5. The Balaban J connectivity index is 2.42. The minimum absolute atomic E-state index is 0.0498. The lowest BCUT2D eigenvalue weighted by molar-refractivity contribution is -0.157. The summed E-state index contributed by atoms with van der Waals surface area (Å²) in [7, 11) is 0. The highest BCUT2D eigenvalue weighted by Crippen LogP contribution is 2.24. The Morgan fingerprint density at radius 2 is 1.89 bits per heavy atom. The first-order chi connectivity index (χ1) is 8.88. The quantitative estimate of drug-likeness (QED) is 0.671. The van der Waals surface area contributed by atoms with Crippen LogP contribution in [-0.2, 0) is 28.6 Å². The molecule has 108 valence electrons. The van der Waals surface area contributed by atoms with E-state index in [9.17, 15) is 14.4 Å². The molecule has 19 heavy (non-hydrogen) atoms. The Morgan fingerprint density at radius 1 is 1.21 bits per heavy atom. The minimum Gasteiger partial charge on any atom is -0.463 e. The summed E-state index contributed by atoms with van der Waals surface area (Å²) >= 11 is 0. The molecule has 1 fully saturated rings. The summed E-state index contributed by atoms with van der Waals surface area (Å²) in [5, 5.41) is 0. The molecule has 0 aromatic heterocycles. The molecule has 1 heterocycles. The lowest BCUT2D eigenvalue weighted by Crippen LogP contribution is -2.32. The lowest BCUT2D eigenvalue weighted by Gasteiger charge is -2.18. The average molecular weight is 272 g/mol. The molecule has 0 aliphatic carbocycles. The third kappa shape index (κ3) is 5.83. The molecule has 0 spiro atoms. The summed E-state index contributed by atoms with van der Waals surface area (Å²) in [5.41, 5.74) is 0. The Morgan fingerprint density at radius 3 is 2.47 bits per heavy atom. The van der Waals surface area contributed by atoms with Crippen molar-refractivity contribution in [3.05, 3.63) is 0 Å². The Hall–Kier alpha value is -1.43. The highest BCUT2D eigenvalue weighted by Gasteiger charge is 2.36. The first-order valence-corrected chi connectivity index (χ1v) is 6.36. The number of esters is 2. The maximum absolute atomic E-state index is 11.6. The smallest absolute Gasteiger partial charge is 0.306 e. The Bertz CT molecular complexity index is 351. The molecule has 1 rings (SSSR count). The van der Waals surface area contributed by atoms with Crippen LogP contribution in [0, 0.1) is 0 Å². The van der Waals surface area contributed by atoms with Gasteiger partial charge in [-0.05, 0) is 13.8 Å². The zero-order valence-corrected chi connectivity index (χ0v) is 11.5. The molecular weight excluding hydrogens is 252 g/mol. The third-order valence-corrected chi connectivity index (χ3v) is 2.80. The number of carbonyl (C=O) groups is 3. The first kappa shape index (κ1) is 15.6. The van der Waals surface area contributed by atoms with E-state index in [1.807, 2.05) is 6.92 Å². The van der Waals surface area contributed by atoms with Gasteiger partial charge in [0.2, 0.25) is 0 Å². The van der Waals surface area contributed by atoms with Crippen molar-refractivity contribution in [1.29, 1.82) is 0 Å². The van der Waals surface area contributed by atoms with Crippen LogP contribution >= 0.6 is 0 Å². The molecule has 1 aliphatic heterocycles. The molecule has 1 unspecified atom stereocenters. The second-order valence-corrected chi connectivity index (χ2v) is 4.75. The molecule has 3 atom stereocenters. The van der Waals surface area contributed by atoms with E-state index in [2.05, 4.69) is 0 Å². The zero-order chi connectivity index (χ0) is 14.4. The van der Waals surface area contributed by atoms with Crippen molar-refractivity contribution < 1.29 is 28.6 Å². The summed E-state index contributed by atoms with van der Waals surface area (Å²) in [6.07, 6.45) is -0.0883. The molecule has 1 aliphatic rings. The van der Waals surface area contributed by atoms with Crippen molar-refractivity contribution >= 4 is 17.7 Å². The van der Waals surface area contributed by atoms with Crippen LogP contribution in [0.2, 0.25) is 0 Å². The van der Waals surface area contributed by atoms with E-state index in [0.29, 0.717) is 6.42 Å². The van der Waals surface area contributed by atoms with Gasteiger partial charge in [0.15, 0.2) is 0 Å². The van der Waals surface area contributed by atoms with E-state index in [1.165, 1.54) is 13.8 Å². The van der Waals surface area contributed by atoms with Gasteiger partial charge in [-0.2, -0.15) is 0 Å². The summed E-state index contributed by atoms with van der Waals surface area (Å²) < 4.78 is 15.7. The van der Waals surface area contributed by atoms with E-state index in [4.69, 9.17) is 14.2 Å². The van der Waals surface area contributed by atoms with Crippen molar-refractivity contribution in [2.45, 2.75) is 58.3 Å². The van der Waals surface area contributed by atoms with Crippen LogP contribution in [0.3, 0.4) is 0 Å². The highest BCUT2D eigenvalue weighted by atomic mass is 16.6. The molecule has 6 nitrogen and oxygen atoms in total. The van der Waals surface area contributed by atoms with Crippen LogP contribution in [0.15, 0.2) is 0 Å². The number of rotatable bonds is 6. The van der Waals surface area contributed by atoms with Crippen molar-refractivity contribution in [3.8, 4) is 0 Å². The van der Waals surface area contributed by atoms with Gasteiger partial charge in [0.1, 0.15) is 24.6 Å². The standard InChI is InChI=1S/C13H20O6/c1-8(14)4-5-13(16)19-11-6-9(2)18-12(11)7-17-10(3)15/h9,11-12H,4-7H2,1-3H3/t9-,11?,12+/m0/s1. The Labute approximate surface area is 112 Å². The van der Waals surface area contributed by atoms with Crippen molar-refractivity contribution in [3.63, 3.8) is 0 Å². The van der Waals surface area contributed by atoms with Gasteiger partial charge < -0.3 is 19.0 Å². The van der Waals surface area contributed by atoms with Crippen LogP contribution in [-0.4, -0.2) is 42.6 Å². The number of ketones is 1. The van der Waals surface area contributed by atoms with Crippen LogP contribution in [0.5, 0.6) is 0 Å². The molecule has 0 N–H and O–H groups in total. The number of Topliss-reactive ketones (excluding diaryl/α,β-unsaturated/α-hetero) is 1. The topological polar surface area (TPSA) is 78.9 Å². The molecule has 0 radical (unpaired) electrons. The van der Waals surface area contributed by atoms with E-state index >= 15 is 0 Å². The van der Waals surface area contributed by atoms with Gasteiger partial charge >= 0.3 is 11.9 Å². The molecular formula is C13H20O6. The number of ether oxygens (including phenoxy) is 3. The summed E-state index contributed by atoms with van der Waals surface area (Å²) in [5.74, 6) is -0.875. The normalized spacial score (nSPS) is 25.9. The predicted octanol–water partition coefficient (Wildman–Crippen LogP) is 1.01. The van der Waals surface area contributed by atoms with Crippen LogP contribution in [0.1, 0.15) is 40.0 Å². The maximum atomic E-state index is 11.6. The van der Waals surface area contributed by atoms with E-state index in [0.717, 1.165) is 0 Å². The fourth-order valence-corrected chi connectivity index (χ4v) is 1.90. The van der Waals surface area contributed by atoms with Crippen molar-refractivity contribution in [2.24, 2.45) is 0 Å². The highest BCUT2D eigenvalue weighted by molar-refractivity contribution is 5.81. The van der Waals surface area contributed by atoms with Gasteiger partial charge in [0, 0.05) is 19.8 Å². The van der Waals surface area contributed by atoms with Crippen molar-refractivity contribution in [2.75, 3.05) is 6.61 Å². The van der Waals surface area contributed by atoms with Crippen LogP contribution < -0.4 is 0 Å². The molecule has 0 saturated carbocycles. The molecule has 1 saturated heterocycles. The average Bonchev–Trinajstić information content (AvgIpc) is 2.64. The van der Waals surface area contributed by atoms with Crippen LogP contribution in [0.4, 0.5) is 0 Å². The minimum atomic E-state index is -0.430. The predicted molar refractivity (Wildman–Crippen MR) is 65.4 cm³/mol. The summed E-state index contributed by atoms with van der Waals surface area (Å²) in [4.78, 5) is 33.1. The van der Waals surface area contributed by atoms with Gasteiger partial charge in [-0.15, -0.1) is 0 Å². The summed E-state index contributed by atoms with van der Waals surface area (Å²) in [6.45, 7) is 4.68. The van der Waals surface area contributed by atoms with Gasteiger partial charge in [0.25, 0.3) is 0 Å². The van der Waals surface area contributed by atoms with E-state index in [-0.39, 0.29) is 31.3 Å². The second-order valence-electron chi connectivity index (χ2n) is 4.75. The van der Waals surface area contributed by atoms with Gasteiger partial charge in [-0.3, -0.25) is 9.59 Å². The van der Waals surface area contributed by atoms with Crippen LogP contribution in [0.25, 0.3) is 0 Å². The molecule has 6 heteroatoms. The maximum Gasteiger partial charge on any atom is 0.306 e. The van der Waals surface area contributed by atoms with Gasteiger partial charge in [-0.1, -0.05) is 0 Å². The fourth-order valence-electron chi connectivity index (χ4n) is 1.90. The summed E-state index contributed by atoms with van der Waals surface area (Å²) in [6, 6.07) is 0. The molecule has 0 amide bonds. The number of hydrogen-bond donors (Lipinski definition) is 0. The van der Waals surface area contributed by atoms with Gasteiger partial charge in [-0.25, -0.2) is 0 Å².